The smallest absolute Gasteiger partial charge is 0.351 e. The van der Waals surface area contributed by atoms with Crippen molar-refractivity contribution in [3.05, 3.63) is 47.0 Å². The number of rotatable bonds is 4. The SMILES string of the molecule is O=c1nc(NO)c(-c2ccccc2)cn1[C@@H]1O[C@H](CO)CC1O. The summed E-state index contributed by atoms with van der Waals surface area (Å²) in [5.74, 6) is 0.0173. The number of ether oxygens (including phenoxy) is 1. The fraction of sp³-hybridized carbons (Fsp3) is 0.333. The molecule has 0 saturated carbocycles. The number of anilines is 1. The van der Waals surface area contributed by atoms with Gasteiger partial charge in [-0.15, -0.1) is 0 Å². The molecule has 1 aromatic heterocycles. The van der Waals surface area contributed by atoms with Crippen LogP contribution in [0.1, 0.15) is 12.6 Å². The molecule has 8 heteroatoms. The van der Waals surface area contributed by atoms with E-state index >= 15 is 0 Å². The topological polar surface area (TPSA) is 117 Å². The molecule has 0 bridgehead atoms. The molecule has 23 heavy (non-hydrogen) atoms. The van der Waals surface area contributed by atoms with Crippen LogP contribution in [0.3, 0.4) is 0 Å². The van der Waals surface area contributed by atoms with Crippen LogP contribution < -0.4 is 11.2 Å². The summed E-state index contributed by atoms with van der Waals surface area (Å²) in [4.78, 5) is 15.9. The van der Waals surface area contributed by atoms with Gasteiger partial charge in [-0.25, -0.2) is 4.79 Å². The molecule has 3 rings (SSSR count). The normalized spacial score (nSPS) is 23.9. The van der Waals surface area contributed by atoms with Gasteiger partial charge in [-0.2, -0.15) is 4.98 Å². The predicted octanol–water partition coefficient (Wildman–Crippen LogP) is 0.352. The molecule has 0 aliphatic carbocycles. The minimum atomic E-state index is -0.928. The van der Waals surface area contributed by atoms with Gasteiger partial charge in [0.2, 0.25) is 0 Å². The third kappa shape index (κ3) is 2.97. The average Bonchev–Trinajstić information content (AvgIpc) is 2.96. The fourth-order valence-electron chi connectivity index (χ4n) is 2.66. The maximum Gasteiger partial charge on any atom is 0.351 e. The van der Waals surface area contributed by atoms with Crippen LogP contribution in [0.15, 0.2) is 41.3 Å². The van der Waals surface area contributed by atoms with E-state index in [4.69, 9.17) is 9.84 Å². The van der Waals surface area contributed by atoms with Gasteiger partial charge in [0.15, 0.2) is 12.0 Å². The molecule has 4 N–H and O–H groups in total. The van der Waals surface area contributed by atoms with Gasteiger partial charge in [0.05, 0.1) is 12.7 Å². The number of aliphatic hydroxyl groups excluding tert-OH is 2. The summed E-state index contributed by atoms with van der Waals surface area (Å²) in [5.41, 5.74) is 2.45. The summed E-state index contributed by atoms with van der Waals surface area (Å²) in [7, 11) is 0. The molecule has 2 aromatic rings. The van der Waals surface area contributed by atoms with Gasteiger partial charge >= 0.3 is 5.69 Å². The van der Waals surface area contributed by atoms with Crippen molar-refractivity contribution in [3.63, 3.8) is 0 Å². The van der Waals surface area contributed by atoms with Gasteiger partial charge in [-0.05, 0) is 5.56 Å². The fourth-order valence-corrected chi connectivity index (χ4v) is 2.66. The first-order valence-electron chi connectivity index (χ1n) is 7.17. The van der Waals surface area contributed by atoms with Crippen LogP contribution >= 0.6 is 0 Å². The lowest BCUT2D eigenvalue weighted by atomic mass is 10.1. The van der Waals surface area contributed by atoms with E-state index in [9.17, 15) is 15.1 Å². The molecule has 1 aromatic carbocycles. The van der Waals surface area contributed by atoms with E-state index in [0.717, 1.165) is 5.56 Å². The van der Waals surface area contributed by atoms with Gasteiger partial charge in [0, 0.05) is 18.2 Å². The molecule has 0 spiro atoms. The Hall–Kier alpha value is -2.26. The molecular formula is C15H17N3O5. The number of nitrogens with one attached hydrogen (secondary N) is 1. The molecule has 1 aliphatic heterocycles. The van der Waals surface area contributed by atoms with Gasteiger partial charge in [0.1, 0.15) is 6.10 Å². The first-order valence-corrected chi connectivity index (χ1v) is 7.17. The van der Waals surface area contributed by atoms with E-state index in [-0.39, 0.29) is 18.8 Å². The molecule has 3 atom stereocenters. The van der Waals surface area contributed by atoms with Crippen LogP contribution in [-0.2, 0) is 4.74 Å². The van der Waals surface area contributed by atoms with Gasteiger partial charge < -0.3 is 14.9 Å². The van der Waals surface area contributed by atoms with Crippen molar-refractivity contribution in [2.45, 2.75) is 24.9 Å². The lowest BCUT2D eigenvalue weighted by molar-refractivity contribution is -0.0529. The second-order valence-corrected chi connectivity index (χ2v) is 5.31. The predicted molar refractivity (Wildman–Crippen MR) is 81.0 cm³/mol. The van der Waals surface area contributed by atoms with Crippen LogP contribution in [0.2, 0.25) is 0 Å². The Morgan fingerprint density at radius 2 is 2.09 bits per heavy atom. The van der Waals surface area contributed by atoms with Crippen LogP contribution in [0.5, 0.6) is 0 Å². The maximum absolute atomic E-state index is 12.2. The van der Waals surface area contributed by atoms with Crippen LogP contribution in [-0.4, -0.2) is 43.8 Å². The number of nitrogens with zero attached hydrogens (tertiary/aromatic N) is 2. The Morgan fingerprint density at radius 1 is 1.35 bits per heavy atom. The van der Waals surface area contributed by atoms with Crippen molar-refractivity contribution in [2.24, 2.45) is 0 Å². The van der Waals surface area contributed by atoms with Crippen molar-refractivity contribution in [1.29, 1.82) is 0 Å². The lowest BCUT2D eigenvalue weighted by Crippen LogP contribution is -2.32. The zero-order valence-electron chi connectivity index (χ0n) is 12.2. The van der Waals surface area contributed by atoms with Crippen molar-refractivity contribution in [1.82, 2.24) is 9.55 Å². The second kappa shape index (κ2) is 6.47. The summed E-state index contributed by atoms with van der Waals surface area (Å²) in [6, 6.07) is 9.07. The molecule has 122 valence electrons. The Labute approximate surface area is 131 Å². The summed E-state index contributed by atoms with van der Waals surface area (Å²) in [5, 5.41) is 28.4. The quantitative estimate of drug-likeness (QED) is 0.601. The van der Waals surface area contributed by atoms with Crippen molar-refractivity contribution >= 4 is 5.82 Å². The molecule has 8 nitrogen and oxygen atoms in total. The third-order valence-corrected chi connectivity index (χ3v) is 3.79. The average molecular weight is 319 g/mol. The minimum absolute atomic E-state index is 0.0173. The van der Waals surface area contributed by atoms with E-state index < -0.39 is 24.1 Å². The van der Waals surface area contributed by atoms with Crippen molar-refractivity contribution < 1.29 is 20.2 Å². The molecule has 1 unspecified atom stereocenters. The molecule has 2 heterocycles. The molecule has 1 fully saturated rings. The minimum Gasteiger partial charge on any atom is -0.394 e. The summed E-state index contributed by atoms with van der Waals surface area (Å²) < 4.78 is 6.66. The largest absolute Gasteiger partial charge is 0.394 e. The highest BCUT2D eigenvalue weighted by atomic mass is 16.5. The Balaban J connectivity index is 2.07. The van der Waals surface area contributed by atoms with Crippen LogP contribution in [0, 0.1) is 0 Å². The van der Waals surface area contributed by atoms with Crippen molar-refractivity contribution in [2.75, 3.05) is 12.1 Å². The highest BCUT2D eigenvalue weighted by molar-refractivity contribution is 5.73. The molecule has 0 radical (unpaired) electrons. The summed E-state index contributed by atoms with van der Waals surface area (Å²) in [6.45, 7) is -0.239. The number of aromatic nitrogens is 2. The number of benzene rings is 1. The monoisotopic (exact) mass is 319 g/mol. The van der Waals surface area contributed by atoms with E-state index in [1.807, 2.05) is 23.7 Å². The Kier molecular flexibility index (Phi) is 4.39. The highest BCUT2D eigenvalue weighted by Gasteiger charge is 2.35. The first kappa shape index (κ1) is 15.6. The molecule has 0 amide bonds. The van der Waals surface area contributed by atoms with E-state index in [1.165, 1.54) is 10.8 Å². The van der Waals surface area contributed by atoms with E-state index in [1.54, 1.807) is 12.1 Å². The Bertz CT molecular complexity index is 734. The highest BCUT2D eigenvalue weighted by Crippen LogP contribution is 2.30. The van der Waals surface area contributed by atoms with Crippen molar-refractivity contribution in [3.8, 4) is 11.1 Å². The lowest BCUT2D eigenvalue weighted by Gasteiger charge is -2.19. The zero-order valence-corrected chi connectivity index (χ0v) is 12.2. The Morgan fingerprint density at radius 3 is 2.70 bits per heavy atom. The van der Waals surface area contributed by atoms with Gasteiger partial charge in [0.25, 0.3) is 0 Å². The van der Waals surface area contributed by atoms with Gasteiger partial charge in [-0.1, -0.05) is 30.3 Å². The van der Waals surface area contributed by atoms with Crippen LogP contribution in [0.4, 0.5) is 5.82 Å². The van der Waals surface area contributed by atoms with E-state index in [2.05, 4.69) is 4.98 Å². The summed E-state index contributed by atoms with van der Waals surface area (Å²) >= 11 is 0. The standard InChI is InChI=1S/C15H17N3O5/c19-8-10-6-12(20)14(23-10)18-7-11(9-4-2-1-3-5-9)13(17-22)16-15(18)21/h1-5,7,10,12,14,19-20,22H,6,8H2,(H,16,17,21)/t10-,12?,14+/m0/s1. The maximum atomic E-state index is 12.2. The molecular weight excluding hydrogens is 302 g/mol. The summed E-state index contributed by atoms with van der Waals surface area (Å²) in [6.07, 6.45) is -0.686. The molecule has 1 saturated heterocycles. The molecule has 1 aliphatic rings. The zero-order chi connectivity index (χ0) is 16.4. The first-order chi connectivity index (χ1) is 11.1. The van der Waals surface area contributed by atoms with Crippen LogP contribution in [0.25, 0.3) is 11.1 Å². The number of hydrogen-bond donors (Lipinski definition) is 4. The van der Waals surface area contributed by atoms with Gasteiger partial charge in [-0.3, -0.25) is 15.3 Å². The third-order valence-electron chi connectivity index (χ3n) is 3.79. The number of aliphatic hydroxyl groups is 2. The number of hydrogen-bond acceptors (Lipinski definition) is 7. The van der Waals surface area contributed by atoms with E-state index in [0.29, 0.717) is 5.56 Å². The second-order valence-electron chi connectivity index (χ2n) is 5.31.